The number of carbonyl (C=O) groups is 15. The van der Waals surface area contributed by atoms with E-state index in [0.29, 0.717) is 5.56 Å². The average Bonchev–Trinajstić information content (AvgIpc) is 2.26. The highest BCUT2D eigenvalue weighted by Crippen LogP contribution is 2.20. The summed E-state index contributed by atoms with van der Waals surface area (Å²) in [6.07, 6.45) is -1.87. The lowest BCUT2D eigenvalue weighted by molar-refractivity contribution is -0.143. The number of aliphatic hydroxyl groups excluding tert-OH is 1. The lowest BCUT2D eigenvalue weighted by Gasteiger charge is -2.30. The fraction of sp³-hybridized carbons (Fsp3) is 0.560. The van der Waals surface area contributed by atoms with Gasteiger partial charge in [0.25, 0.3) is 0 Å². The van der Waals surface area contributed by atoms with E-state index in [9.17, 15) is 82.1 Å². The summed E-state index contributed by atoms with van der Waals surface area (Å²) in [5.74, 6) is -16.3. The molecular weight excluding hydrogens is 1250 g/mol. The Morgan fingerprint density at radius 2 is 1.03 bits per heavy atom. The van der Waals surface area contributed by atoms with Crippen molar-refractivity contribution in [2.45, 2.75) is 125 Å². The summed E-state index contributed by atoms with van der Waals surface area (Å²) in [6.45, 7) is 0.487. The van der Waals surface area contributed by atoms with Crippen LogP contribution in [0, 0.1) is 5.41 Å². The smallest absolute Gasteiger partial charge is 0.246 e. The van der Waals surface area contributed by atoms with Gasteiger partial charge in [0.15, 0.2) is 5.96 Å². The Morgan fingerprint density at radius 3 is 1.57 bits per heavy atom. The van der Waals surface area contributed by atoms with Gasteiger partial charge < -0.3 is 102 Å². The van der Waals surface area contributed by atoms with Crippen LogP contribution in [0.4, 0.5) is 0 Å². The summed E-state index contributed by atoms with van der Waals surface area (Å²) >= 11 is 16.2. The van der Waals surface area contributed by atoms with Crippen LogP contribution in [0.25, 0.3) is 0 Å². The molecule has 1 aliphatic heterocycles. The zero-order chi connectivity index (χ0) is 67.2. The number of nitrogens with zero attached hydrogens (tertiary/aromatic N) is 1. The third-order valence-electron chi connectivity index (χ3n) is 12.9. The minimum atomic E-state index is -1.86. The lowest BCUT2D eigenvalue weighted by Crippen LogP contribution is -2.60. The van der Waals surface area contributed by atoms with Crippen LogP contribution in [-0.2, 0) is 78.3 Å². The number of thiol groups is 4. The first kappa shape index (κ1) is 76.8. The van der Waals surface area contributed by atoms with Gasteiger partial charge in [0.2, 0.25) is 88.6 Å². The second kappa shape index (κ2) is 38.9. The number of benzene rings is 1. The molecule has 1 aromatic rings. The van der Waals surface area contributed by atoms with Crippen molar-refractivity contribution in [2.75, 3.05) is 49.3 Å². The number of nitrogens with two attached hydrogens (primary N) is 4. The number of phenols is 1. The molecule has 0 saturated carbocycles. The molecule has 0 radical (unpaired) electrons. The Kier molecular flexibility index (Phi) is 33.5. The fourth-order valence-electron chi connectivity index (χ4n) is 8.26. The highest BCUT2D eigenvalue weighted by molar-refractivity contribution is 7.80. The van der Waals surface area contributed by atoms with Gasteiger partial charge in [0, 0.05) is 49.4 Å². The molecule has 15 amide bonds. The second-order valence-electron chi connectivity index (χ2n) is 19.9. The maximum Gasteiger partial charge on any atom is 0.246 e. The van der Waals surface area contributed by atoms with Crippen molar-refractivity contribution in [2.24, 2.45) is 22.9 Å². The van der Waals surface area contributed by atoms with Crippen LogP contribution in [0.1, 0.15) is 57.9 Å². The number of guanidine groups is 1. The van der Waals surface area contributed by atoms with Crippen LogP contribution in [-0.4, -0.2) is 225 Å². The number of hydrogen-bond acceptors (Lipinski definition) is 22. The van der Waals surface area contributed by atoms with Crippen molar-refractivity contribution < 1.29 is 82.1 Å². The van der Waals surface area contributed by atoms with Crippen LogP contribution in [0.3, 0.4) is 0 Å². The van der Waals surface area contributed by atoms with E-state index in [4.69, 9.17) is 28.3 Å². The summed E-state index contributed by atoms with van der Waals surface area (Å²) < 4.78 is 0. The first-order valence-electron chi connectivity index (χ1n) is 27.2. The van der Waals surface area contributed by atoms with Gasteiger partial charge in [-0.05, 0) is 50.3 Å². The quantitative estimate of drug-likeness (QED) is 0.0127. The van der Waals surface area contributed by atoms with E-state index in [1.54, 1.807) is 0 Å². The molecule has 0 bridgehead atoms. The minimum Gasteiger partial charge on any atom is -0.508 e. The fourth-order valence-corrected chi connectivity index (χ4v) is 9.30. The third-order valence-corrected chi connectivity index (χ3v) is 14.3. The lowest BCUT2D eigenvalue weighted by atomic mass is 10.0. The van der Waals surface area contributed by atoms with Crippen LogP contribution < -0.4 is 86.7 Å². The Labute approximate surface area is 532 Å². The maximum atomic E-state index is 14.0. The van der Waals surface area contributed by atoms with Gasteiger partial charge >= 0.3 is 0 Å². The van der Waals surface area contributed by atoms with E-state index >= 15 is 0 Å². The standard InChI is InChI=1S/C50H78N18O17S4/c1-22(58-48(84)35-6-4-12-68(35)49(85)29(15-37(52)73)63-47(83)34(21-89)67-46(82)33(20-88)59-23(2)70)40(76)66-32(19-87)41(77)57-16-38(74)60-26(5-3-11-56-50(54)55)42(78)62-28(14-36(51)72)44(80)61-27(13-24-7-9-25(71)10-8-24)43(79)64-30(17-69)45(81)65-31(18-86)39(53)75/h7-10,22,26-35,69,71,86-89H,3-6,11-21H2,1-2H3,(H2,51,72)(H2,52,73)(H2,53,75)(H,57,77)(H,58,84)(H,59,70)(H,60,74)(H,61,80)(H,62,78)(H,63,83)(H,64,79)(H,65,81)(H,66,76)(H,67,82)(H4,54,55,56)/t22-,26-,27-,28-,29-,30-,31-,32-,33-,34-,35-/m0/s1. The Hall–Kier alpha value is -8.30. The van der Waals surface area contributed by atoms with Gasteiger partial charge in [0.05, 0.1) is 26.0 Å². The maximum absolute atomic E-state index is 14.0. The van der Waals surface area contributed by atoms with Gasteiger partial charge in [-0.25, -0.2) is 0 Å². The van der Waals surface area contributed by atoms with E-state index in [0.717, 1.165) is 11.8 Å². The predicted molar refractivity (Wildman–Crippen MR) is 329 cm³/mol. The Morgan fingerprint density at radius 1 is 0.573 bits per heavy atom. The van der Waals surface area contributed by atoms with Crippen molar-refractivity contribution >= 4 is 145 Å². The third kappa shape index (κ3) is 26.9. The highest BCUT2D eigenvalue weighted by Gasteiger charge is 2.41. The van der Waals surface area contributed by atoms with Crippen molar-refractivity contribution in [3.63, 3.8) is 0 Å². The summed E-state index contributed by atoms with van der Waals surface area (Å²) in [4.78, 5) is 197. The minimum absolute atomic E-state index is 0.0192. The van der Waals surface area contributed by atoms with Crippen molar-refractivity contribution in [1.29, 1.82) is 5.41 Å². The molecule has 494 valence electrons. The molecule has 35 nitrogen and oxygen atoms in total. The molecule has 1 saturated heterocycles. The summed E-state index contributed by atoms with van der Waals surface area (Å²) in [6, 6.07) is -11.1. The van der Waals surface area contributed by atoms with Gasteiger partial charge in [-0.1, -0.05) is 12.1 Å². The average molecular weight is 1330 g/mol. The predicted octanol–water partition coefficient (Wildman–Crippen LogP) is -9.86. The number of likely N-dealkylation sites (tertiary alicyclic amines) is 1. The monoisotopic (exact) mass is 1330 g/mol. The topological polar surface area (TPSA) is 572 Å². The Balaban J connectivity index is 2.23. The van der Waals surface area contributed by atoms with Crippen molar-refractivity contribution in [3.05, 3.63) is 29.8 Å². The Bertz CT molecular complexity index is 2750. The summed E-state index contributed by atoms with van der Waals surface area (Å²) in [7, 11) is 0. The number of rotatable bonds is 38. The van der Waals surface area contributed by atoms with Crippen molar-refractivity contribution in [1.82, 2.24) is 68.7 Å². The number of hydrogen-bond donors (Lipinski definition) is 23. The van der Waals surface area contributed by atoms with Crippen LogP contribution in [0.2, 0.25) is 0 Å². The molecule has 11 atom stereocenters. The van der Waals surface area contributed by atoms with E-state index in [2.05, 4.69) is 114 Å². The molecule has 23 N–H and O–H groups in total. The normalized spacial score (nSPS) is 15.9. The van der Waals surface area contributed by atoms with Gasteiger partial charge in [0.1, 0.15) is 72.2 Å². The number of aliphatic hydroxyl groups is 1. The molecule has 2 rings (SSSR count). The van der Waals surface area contributed by atoms with Crippen molar-refractivity contribution in [3.8, 4) is 5.75 Å². The van der Waals surface area contributed by atoms with E-state index in [-0.39, 0.29) is 74.0 Å². The SMILES string of the molecule is CC(=O)N[C@@H](CS)C(=O)N[C@@H](CS)C(=O)N[C@@H](CC(N)=O)C(=O)N1CCC[C@H]1C(=O)N[C@@H](C)C(=O)N[C@@H](CS)C(=O)NCC(=O)N[C@@H](CCCNC(=N)N)C(=O)N[C@@H](CC(N)=O)C(=O)N[C@@H](Cc1ccc(O)cc1)C(=O)N[C@@H](CO)C(=O)N[C@@H](CS)C(N)=O. The molecule has 0 aromatic heterocycles. The highest BCUT2D eigenvalue weighted by atomic mass is 32.1. The zero-order valence-corrected chi connectivity index (χ0v) is 51.9. The largest absolute Gasteiger partial charge is 0.508 e. The first-order chi connectivity index (χ1) is 41.9. The number of amides is 15. The molecule has 1 aliphatic rings. The van der Waals surface area contributed by atoms with Gasteiger partial charge in [-0.15, -0.1) is 0 Å². The van der Waals surface area contributed by atoms with E-state index < -0.39 is 187 Å². The molecule has 1 fully saturated rings. The molecule has 39 heteroatoms. The molecule has 0 aliphatic carbocycles. The van der Waals surface area contributed by atoms with Crippen LogP contribution in [0.5, 0.6) is 5.75 Å². The summed E-state index contributed by atoms with van der Waals surface area (Å²) in [5, 5.41) is 55.5. The molecular formula is C50H78N18O17S4. The zero-order valence-electron chi connectivity index (χ0n) is 48.3. The van der Waals surface area contributed by atoms with Gasteiger partial charge in [-0.2, -0.15) is 50.5 Å². The molecule has 0 spiro atoms. The molecule has 89 heavy (non-hydrogen) atoms. The van der Waals surface area contributed by atoms with Crippen LogP contribution in [0.15, 0.2) is 24.3 Å². The second-order valence-corrected chi connectivity index (χ2v) is 21.4. The molecule has 0 unspecified atom stereocenters. The number of aromatic hydroxyl groups is 1. The molecule has 1 heterocycles. The number of primary amides is 3. The summed E-state index contributed by atoms with van der Waals surface area (Å²) in [5.41, 5.74) is 21.8. The number of carbonyl (C=O) groups excluding carboxylic acids is 15. The number of phenolic OH excluding ortho intramolecular Hbond substituents is 1. The van der Waals surface area contributed by atoms with Crippen LogP contribution >= 0.6 is 50.5 Å². The van der Waals surface area contributed by atoms with Gasteiger partial charge in [-0.3, -0.25) is 77.3 Å². The molecule has 1 aromatic carbocycles. The number of nitrogens with one attached hydrogen (secondary N) is 13. The van der Waals surface area contributed by atoms with E-state index in [1.165, 1.54) is 31.2 Å². The van der Waals surface area contributed by atoms with E-state index in [1.807, 2.05) is 0 Å². The first-order valence-corrected chi connectivity index (χ1v) is 29.8.